The molecule has 0 saturated carbocycles. The van der Waals surface area contributed by atoms with Crippen molar-refractivity contribution in [3.63, 3.8) is 0 Å². The zero-order valence-corrected chi connectivity index (χ0v) is 25.5. The number of aliphatic hydroxyl groups excluding tert-OH is 1. The van der Waals surface area contributed by atoms with E-state index in [0.717, 1.165) is 15.3 Å². The number of likely N-dealkylation sites (N-methyl/N-ethyl adjacent to an activating group) is 1. The topological polar surface area (TPSA) is 137 Å². The van der Waals surface area contributed by atoms with Crippen LogP contribution in [0.25, 0.3) is 11.0 Å². The van der Waals surface area contributed by atoms with Gasteiger partial charge in [-0.2, -0.15) is 4.31 Å². The first kappa shape index (κ1) is 32.5. The van der Waals surface area contributed by atoms with E-state index in [1.54, 1.807) is 31.5 Å². The molecule has 2 atom stereocenters. The molecule has 13 heteroatoms. The van der Waals surface area contributed by atoms with E-state index in [1.165, 1.54) is 38.4 Å². The van der Waals surface area contributed by atoms with Gasteiger partial charge >= 0.3 is 0 Å². The number of carbonyl (C=O) groups excluding carboxylic acids is 1. The average Bonchev–Trinajstić information content (AvgIpc) is 3.47. The van der Waals surface area contributed by atoms with Gasteiger partial charge in [-0.25, -0.2) is 8.42 Å². The minimum absolute atomic E-state index is 0.0500. The Morgan fingerprint density at radius 2 is 1.79 bits per heavy atom. The summed E-state index contributed by atoms with van der Waals surface area (Å²) in [5.41, 5.74) is 1.59. The van der Waals surface area contributed by atoms with E-state index in [9.17, 15) is 18.3 Å². The van der Waals surface area contributed by atoms with Gasteiger partial charge in [0.05, 0.1) is 38.0 Å². The monoisotopic (exact) mass is 618 g/mol. The molecule has 2 heterocycles. The number of benzene rings is 2. The maximum absolute atomic E-state index is 13.4. The van der Waals surface area contributed by atoms with Gasteiger partial charge in [-0.1, -0.05) is 18.2 Å². The third-order valence-corrected chi connectivity index (χ3v) is 9.08. The average molecular weight is 619 g/mol. The van der Waals surface area contributed by atoms with E-state index in [4.69, 9.17) is 28.1 Å². The lowest BCUT2D eigenvalue weighted by Gasteiger charge is -2.31. The fourth-order valence-corrected chi connectivity index (χ4v) is 6.21. The molecule has 0 radical (unpaired) electrons. The molecule has 0 fully saturated rings. The van der Waals surface area contributed by atoms with Crippen LogP contribution < -0.4 is 4.74 Å². The van der Waals surface area contributed by atoms with Crippen LogP contribution in [0.3, 0.4) is 0 Å². The molecule has 1 aliphatic rings. The Balaban J connectivity index is 1.52. The van der Waals surface area contributed by atoms with E-state index >= 15 is 0 Å². The van der Waals surface area contributed by atoms with Crippen LogP contribution in [0.5, 0.6) is 5.75 Å². The van der Waals surface area contributed by atoms with Crippen molar-refractivity contribution in [2.45, 2.75) is 29.8 Å². The third-order valence-electron chi connectivity index (χ3n) is 7.16. The van der Waals surface area contributed by atoms with E-state index in [-0.39, 0.29) is 49.4 Å². The standard InChI is InChI=1S/C30H38N2O10S/c1-31(19-29(38-3)39-4)30(34)27-17-21(25-20-41-26-8-6-5-7-24(25)26)18-28(42-27)40-16-14-32(13-15-33)43(35,36)23-11-9-22(37-2)10-12-23/h5-12,17,20-21,28-29,33H,13-16,18-19H2,1-4H3/t21-,28+/m1/s1. The number of hydrogen-bond donors (Lipinski definition) is 1. The van der Waals surface area contributed by atoms with Crippen LogP contribution in [-0.4, -0.2) is 102 Å². The van der Waals surface area contributed by atoms with Gasteiger partial charge in [0.25, 0.3) is 5.91 Å². The first-order chi connectivity index (χ1) is 20.7. The minimum atomic E-state index is -3.93. The minimum Gasteiger partial charge on any atom is -0.497 e. The summed E-state index contributed by atoms with van der Waals surface area (Å²) in [5.74, 6) is -0.0753. The largest absolute Gasteiger partial charge is 0.497 e. The molecule has 3 aromatic rings. The number of hydrogen-bond acceptors (Lipinski definition) is 10. The van der Waals surface area contributed by atoms with Crippen molar-refractivity contribution in [1.82, 2.24) is 9.21 Å². The first-order valence-corrected chi connectivity index (χ1v) is 15.2. The molecule has 1 N–H and O–H groups in total. The summed E-state index contributed by atoms with van der Waals surface area (Å²) < 4.78 is 61.1. The smallest absolute Gasteiger partial charge is 0.288 e. The molecule has 43 heavy (non-hydrogen) atoms. The summed E-state index contributed by atoms with van der Waals surface area (Å²) in [6, 6.07) is 13.6. The molecular weight excluding hydrogens is 580 g/mol. The molecule has 2 aromatic carbocycles. The highest BCUT2D eigenvalue weighted by Gasteiger charge is 2.33. The number of ether oxygens (including phenoxy) is 5. The second-order valence-electron chi connectivity index (χ2n) is 9.87. The second-order valence-corrected chi connectivity index (χ2v) is 11.8. The number of rotatable bonds is 15. The Labute approximate surface area is 251 Å². The van der Waals surface area contributed by atoms with E-state index in [2.05, 4.69) is 0 Å². The van der Waals surface area contributed by atoms with Crippen LogP contribution in [0, 0.1) is 0 Å². The molecule has 0 spiro atoms. The van der Waals surface area contributed by atoms with Crippen LogP contribution in [-0.2, 0) is 33.8 Å². The lowest BCUT2D eigenvalue weighted by atomic mass is 9.92. The van der Waals surface area contributed by atoms with Gasteiger partial charge in [0.2, 0.25) is 16.3 Å². The number of sulfonamides is 1. The Morgan fingerprint density at radius 3 is 2.47 bits per heavy atom. The van der Waals surface area contributed by atoms with E-state index < -0.39 is 28.5 Å². The predicted molar refractivity (Wildman–Crippen MR) is 157 cm³/mol. The third kappa shape index (κ3) is 7.74. The number of carbonyl (C=O) groups is 1. The first-order valence-electron chi connectivity index (χ1n) is 13.7. The SMILES string of the molecule is COc1ccc(S(=O)(=O)N(CCO)CCO[C@@H]2C[C@H](c3coc4ccccc34)C=C(C(=O)N(C)CC(OC)OC)O2)cc1. The molecule has 1 aromatic heterocycles. The maximum atomic E-state index is 13.4. The summed E-state index contributed by atoms with van der Waals surface area (Å²) in [4.78, 5) is 14.9. The van der Waals surface area contributed by atoms with Gasteiger partial charge in [0.15, 0.2) is 12.0 Å². The molecule has 234 valence electrons. The van der Waals surface area contributed by atoms with Crippen molar-refractivity contribution in [3.8, 4) is 5.75 Å². The summed E-state index contributed by atoms with van der Waals surface area (Å²) in [7, 11) is 2.16. The lowest BCUT2D eigenvalue weighted by molar-refractivity contribution is -0.158. The number of para-hydroxylation sites is 1. The molecule has 0 unspecified atom stereocenters. The zero-order valence-electron chi connectivity index (χ0n) is 24.7. The Morgan fingerprint density at radius 1 is 1.07 bits per heavy atom. The normalized spacial score (nSPS) is 17.2. The highest BCUT2D eigenvalue weighted by Crippen LogP contribution is 2.36. The van der Waals surface area contributed by atoms with Crippen molar-refractivity contribution in [3.05, 3.63) is 72.2 Å². The number of methoxy groups -OCH3 is 3. The number of fused-ring (bicyclic) bond motifs is 1. The quantitative estimate of drug-likeness (QED) is 0.253. The van der Waals surface area contributed by atoms with Crippen LogP contribution in [0.15, 0.2) is 75.9 Å². The predicted octanol–water partition coefficient (Wildman–Crippen LogP) is 2.93. The summed E-state index contributed by atoms with van der Waals surface area (Å²) in [5, 5.41) is 10.5. The molecule has 1 amide bonds. The molecule has 0 saturated heterocycles. The fourth-order valence-electron chi connectivity index (χ4n) is 4.80. The lowest BCUT2D eigenvalue weighted by Crippen LogP contribution is -2.40. The van der Waals surface area contributed by atoms with Crippen molar-refractivity contribution < 1.29 is 46.4 Å². The van der Waals surface area contributed by atoms with Gasteiger partial charge in [-0.05, 0) is 36.4 Å². The Bertz CT molecular complexity index is 1480. The van der Waals surface area contributed by atoms with E-state index in [1.807, 2.05) is 24.3 Å². The van der Waals surface area contributed by atoms with Crippen molar-refractivity contribution >= 4 is 26.9 Å². The Hall–Kier alpha value is -3.46. The fraction of sp³-hybridized carbons (Fsp3) is 0.433. The van der Waals surface area contributed by atoms with Gasteiger partial charge < -0.3 is 38.1 Å². The zero-order chi connectivity index (χ0) is 31.0. The van der Waals surface area contributed by atoms with Gasteiger partial charge in [0, 0.05) is 57.6 Å². The molecule has 12 nitrogen and oxygen atoms in total. The molecule has 0 aliphatic carbocycles. The van der Waals surface area contributed by atoms with Crippen LogP contribution >= 0.6 is 0 Å². The molecule has 4 rings (SSSR count). The summed E-state index contributed by atoms with van der Waals surface area (Å²) in [6.45, 7) is -0.434. The highest BCUT2D eigenvalue weighted by atomic mass is 32.2. The maximum Gasteiger partial charge on any atom is 0.288 e. The van der Waals surface area contributed by atoms with Gasteiger partial charge in [-0.3, -0.25) is 4.79 Å². The van der Waals surface area contributed by atoms with Crippen molar-refractivity contribution in [2.75, 3.05) is 61.2 Å². The number of allylic oxidation sites excluding steroid dienone is 1. The van der Waals surface area contributed by atoms with Crippen molar-refractivity contribution in [2.24, 2.45) is 0 Å². The molecule has 0 bridgehead atoms. The van der Waals surface area contributed by atoms with E-state index in [0.29, 0.717) is 17.8 Å². The van der Waals surface area contributed by atoms with Crippen LogP contribution in [0.4, 0.5) is 0 Å². The summed E-state index contributed by atoms with van der Waals surface area (Å²) >= 11 is 0. The van der Waals surface area contributed by atoms with Crippen LogP contribution in [0.2, 0.25) is 0 Å². The van der Waals surface area contributed by atoms with Crippen molar-refractivity contribution in [1.29, 1.82) is 0 Å². The number of amides is 1. The number of aliphatic hydroxyl groups is 1. The second kappa shape index (κ2) is 14.8. The van der Waals surface area contributed by atoms with Crippen LogP contribution in [0.1, 0.15) is 17.9 Å². The Kier molecular flexibility index (Phi) is 11.2. The number of nitrogens with zero attached hydrogens (tertiary/aromatic N) is 2. The highest BCUT2D eigenvalue weighted by molar-refractivity contribution is 7.89. The number of furan rings is 1. The molecular formula is C30H38N2O10S. The molecule has 1 aliphatic heterocycles. The van der Waals surface area contributed by atoms with Gasteiger partial charge in [-0.15, -0.1) is 0 Å². The van der Waals surface area contributed by atoms with Gasteiger partial charge in [0.1, 0.15) is 11.3 Å². The summed E-state index contributed by atoms with van der Waals surface area (Å²) in [6.07, 6.45) is 2.28.